The largest absolute Gasteiger partial charge is 0.316 e. The number of hydrogen-bond donors (Lipinski definition) is 1. The topological polar surface area (TPSA) is 15.3 Å². The average molecular weight is 129 g/mol. The summed E-state index contributed by atoms with van der Waals surface area (Å²) in [6.45, 7) is 1.61. The summed E-state index contributed by atoms with van der Waals surface area (Å²) >= 11 is 0. The van der Waals surface area contributed by atoms with Crippen molar-refractivity contribution in [1.29, 1.82) is 0 Å². The van der Waals surface area contributed by atoms with E-state index in [9.17, 15) is 0 Å². The maximum absolute atomic E-state index is 7.25. The normalized spacial score (nSPS) is 50.0. The van der Waals surface area contributed by atoms with E-state index < -0.39 is 6.98 Å². The molecule has 2 heteroatoms. The molecule has 2 aliphatic heterocycles. The van der Waals surface area contributed by atoms with Crippen molar-refractivity contribution in [2.45, 2.75) is 0 Å². The number of nitrogens with one attached hydrogen (secondary N) is 1. The molecule has 1 N–H and O–H groups in total. The van der Waals surface area contributed by atoms with Gasteiger partial charge in [0.15, 0.2) is 0 Å². The van der Waals surface area contributed by atoms with Gasteiger partial charge in [0, 0.05) is 17.2 Å². The molecule has 0 amide bonds. The van der Waals surface area contributed by atoms with Gasteiger partial charge in [0.2, 0.25) is 0 Å². The smallest absolute Gasteiger partial charge is 0.0394 e. The highest BCUT2D eigenvalue weighted by atomic mass is 15.2. The maximum atomic E-state index is 7.25. The number of hydrogen-bond acceptors (Lipinski definition) is 2. The second-order valence-corrected chi connectivity index (χ2v) is 3.08. The van der Waals surface area contributed by atoms with Crippen LogP contribution in [0.15, 0.2) is 0 Å². The fourth-order valence-corrected chi connectivity index (χ4v) is 1.86. The van der Waals surface area contributed by atoms with E-state index in [1.54, 1.807) is 4.90 Å². The van der Waals surface area contributed by atoms with Gasteiger partial charge in [-0.2, -0.15) is 0 Å². The SMILES string of the molecule is [2H]C([2H])([2H])N1CC2CNCC2C1. The Hall–Kier alpha value is -0.0800. The monoisotopic (exact) mass is 129 g/mol. The lowest BCUT2D eigenvalue weighted by atomic mass is 10.0. The summed E-state index contributed by atoms with van der Waals surface area (Å²) in [5, 5.41) is 3.29. The van der Waals surface area contributed by atoms with Crippen molar-refractivity contribution in [2.24, 2.45) is 11.8 Å². The minimum atomic E-state index is -1.87. The zero-order valence-corrected chi connectivity index (χ0v) is 5.43. The van der Waals surface area contributed by atoms with Gasteiger partial charge < -0.3 is 10.2 Å². The van der Waals surface area contributed by atoms with Crippen LogP contribution in [0.1, 0.15) is 4.11 Å². The molecule has 2 saturated heterocycles. The first-order chi connectivity index (χ1) is 5.57. The van der Waals surface area contributed by atoms with Crippen LogP contribution in [-0.2, 0) is 0 Å². The number of fused-ring (bicyclic) bond motifs is 1. The minimum Gasteiger partial charge on any atom is -0.316 e. The van der Waals surface area contributed by atoms with Crippen molar-refractivity contribution in [3.8, 4) is 0 Å². The van der Waals surface area contributed by atoms with Crippen LogP contribution < -0.4 is 5.32 Å². The zero-order chi connectivity index (χ0) is 8.77. The van der Waals surface area contributed by atoms with Gasteiger partial charge in [-0.05, 0) is 31.9 Å². The summed E-state index contributed by atoms with van der Waals surface area (Å²) in [5.41, 5.74) is 0. The zero-order valence-electron chi connectivity index (χ0n) is 8.43. The number of nitrogens with zero attached hydrogens (tertiary/aromatic N) is 1. The molecule has 0 spiro atoms. The fourth-order valence-electron chi connectivity index (χ4n) is 1.86. The first-order valence-electron chi connectivity index (χ1n) is 5.03. The summed E-state index contributed by atoms with van der Waals surface area (Å²) in [5.74, 6) is 1.15. The Balaban J connectivity index is 1.99. The first-order valence-corrected chi connectivity index (χ1v) is 3.53. The summed E-state index contributed by atoms with van der Waals surface area (Å²) in [6, 6.07) is 0. The van der Waals surface area contributed by atoms with Gasteiger partial charge >= 0.3 is 0 Å². The van der Waals surface area contributed by atoms with E-state index in [1.807, 2.05) is 0 Å². The van der Waals surface area contributed by atoms with Crippen molar-refractivity contribution in [1.82, 2.24) is 10.2 Å². The van der Waals surface area contributed by atoms with Crippen LogP contribution in [0.25, 0.3) is 0 Å². The maximum Gasteiger partial charge on any atom is 0.0394 e. The van der Waals surface area contributed by atoms with Crippen molar-refractivity contribution in [3.63, 3.8) is 0 Å². The molecular formula is C7H14N2. The van der Waals surface area contributed by atoms with E-state index in [2.05, 4.69) is 5.32 Å². The van der Waals surface area contributed by atoms with Crippen LogP contribution in [0.3, 0.4) is 0 Å². The van der Waals surface area contributed by atoms with E-state index >= 15 is 0 Å². The molecule has 0 saturated carbocycles. The lowest BCUT2D eigenvalue weighted by Crippen LogP contribution is -2.21. The molecule has 0 bridgehead atoms. The third kappa shape index (κ3) is 0.864. The predicted octanol–water partition coefficient (Wildman–Crippen LogP) is -0.233. The van der Waals surface area contributed by atoms with Gasteiger partial charge in [0.05, 0.1) is 0 Å². The van der Waals surface area contributed by atoms with Crippen molar-refractivity contribution in [2.75, 3.05) is 33.2 Å². The molecule has 2 rings (SSSR count). The van der Waals surface area contributed by atoms with Crippen LogP contribution in [0.4, 0.5) is 0 Å². The molecule has 0 radical (unpaired) electrons. The van der Waals surface area contributed by atoms with E-state index in [0.29, 0.717) is 11.8 Å². The first kappa shape index (κ1) is 3.35. The van der Waals surface area contributed by atoms with Crippen molar-refractivity contribution in [3.05, 3.63) is 0 Å². The highest BCUT2D eigenvalue weighted by Crippen LogP contribution is 2.24. The van der Waals surface area contributed by atoms with E-state index in [-0.39, 0.29) is 0 Å². The van der Waals surface area contributed by atoms with Crippen LogP contribution in [0.2, 0.25) is 0 Å². The van der Waals surface area contributed by atoms with Crippen LogP contribution >= 0.6 is 0 Å². The number of rotatable bonds is 0. The quantitative estimate of drug-likeness (QED) is 0.486. The van der Waals surface area contributed by atoms with Crippen LogP contribution in [0, 0.1) is 11.8 Å². The Bertz CT molecular complexity index is 168. The molecule has 2 nitrogen and oxygen atoms in total. The number of likely N-dealkylation sites (tertiary alicyclic amines) is 1. The van der Waals surface area contributed by atoms with Gasteiger partial charge in [-0.3, -0.25) is 0 Å². The molecule has 2 atom stereocenters. The Kier molecular flexibility index (Phi) is 0.729. The molecule has 0 aliphatic carbocycles. The Morgan fingerprint density at radius 1 is 1.44 bits per heavy atom. The van der Waals surface area contributed by atoms with E-state index in [0.717, 1.165) is 26.2 Å². The predicted molar refractivity (Wildman–Crippen MR) is 37.3 cm³/mol. The molecule has 0 aromatic carbocycles. The molecule has 52 valence electrons. The average Bonchev–Trinajstić information content (AvgIpc) is 2.37. The highest BCUT2D eigenvalue weighted by molar-refractivity contribution is 4.89. The van der Waals surface area contributed by atoms with Crippen LogP contribution in [-0.4, -0.2) is 38.1 Å². The molecular weight excluding hydrogens is 112 g/mol. The molecule has 2 heterocycles. The molecule has 2 aliphatic rings. The van der Waals surface area contributed by atoms with E-state index in [4.69, 9.17) is 4.11 Å². The Morgan fingerprint density at radius 2 is 2.11 bits per heavy atom. The minimum absolute atomic E-state index is 0.574. The fraction of sp³-hybridized carbons (Fsp3) is 1.00. The molecule has 2 fully saturated rings. The standard InChI is InChI=1S/C7H14N2/c1-9-4-6-2-8-3-7(6)5-9/h6-8H,2-5H2,1H3/i1D3. The van der Waals surface area contributed by atoms with Gasteiger partial charge in [-0.1, -0.05) is 0 Å². The highest BCUT2D eigenvalue weighted by Gasteiger charge is 2.33. The summed E-state index contributed by atoms with van der Waals surface area (Å²) < 4.78 is 21.7. The van der Waals surface area contributed by atoms with E-state index in [1.165, 1.54) is 0 Å². The Morgan fingerprint density at radius 3 is 2.67 bits per heavy atom. The van der Waals surface area contributed by atoms with Gasteiger partial charge in [0.25, 0.3) is 0 Å². The Labute approximate surface area is 60.4 Å². The molecule has 2 unspecified atom stereocenters. The lowest BCUT2D eigenvalue weighted by Gasteiger charge is -2.07. The summed E-state index contributed by atoms with van der Waals surface area (Å²) in [4.78, 5) is 1.63. The third-order valence-corrected chi connectivity index (χ3v) is 2.39. The molecule has 0 aromatic rings. The lowest BCUT2D eigenvalue weighted by molar-refractivity contribution is 0.382. The summed E-state index contributed by atoms with van der Waals surface area (Å²) in [7, 11) is 0. The summed E-state index contributed by atoms with van der Waals surface area (Å²) in [6.07, 6.45) is 0. The van der Waals surface area contributed by atoms with Crippen molar-refractivity contribution >= 4 is 0 Å². The second kappa shape index (κ2) is 1.96. The van der Waals surface area contributed by atoms with Gasteiger partial charge in [0.1, 0.15) is 0 Å². The molecule has 0 aromatic heterocycles. The van der Waals surface area contributed by atoms with Crippen LogP contribution in [0.5, 0.6) is 0 Å². The van der Waals surface area contributed by atoms with Gasteiger partial charge in [-0.25, -0.2) is 0 Å². The van der Waals surface area contributed by atoms with Gasteiger partial charge in [-0.15, -0.1) is 0 Å². The van der Waals surface area contributed by atoms with Crippen molar-refractivity contribution < 1.29 is 4.11 Å². The second-order valence-electron chi connectivity index (χ2n) is 3.08. The third-order valence-electron chi connectivity index (χ3n) is 2.39. The molecule has 9 heavy (non-hydrogen) atoms.